The van der Waals surface area contributed by atoms with E-state index in [4.69, 9.17) is 11.6 Å². The number of aromatic nitrogens is 4. The van der Waals surface area contributed by atoms with Crippen molar-refractivity contribution in [3.63, 3.8) is 0 Å². The number of aryl methyl sites for hydroxylation is 2. The minimum atomic E-state index is -0.666. The molecule has 2 aromatic carbocycles. The van der Waals surface area contributed by atoms with Crippen LogP contribution in [0.3, 0.4) is 0 Å². The van der Waals surface area contributed by atoms with Crippen LogP contribution in [0.25, 0.3) is 16.5 Å². The molecule has 2 N–H and O–H groups in total. The molecule has 0 saturated heterocycles. The fraction of sp³-hybridized carbons (Fsp3) is 0.136. The largest absolute Gasteiger partial charge is 0.290 e. The first-order valence-electron chi connectivity index (χ1n) is 9.83. The van der Waals surface area contributed by atoms with Gasteiger partial charge in [-0.3, -0.25) is 25.2 Å². The number of para-hydroxylation sites is 1. The predicted octanol–water partition coefficient (Wildman–Crippen LogP) is 2.64. The lowest BCUT2D eigenvalue weighted by molar-refractivity contribution is 0.0843. The van der Waals surface area contributed by atoms with Crippen LogP contribution < -0.4 is 16.4 Å². The van der Waals surface area contributed by atoms with Crippen molar-refractivity contribution in [3.05, 3.63) is 87.1 Å². The van der Waals surface area contributed by atoms with E-state index in [1.807, 2.05) is 18.2 Å². The number of halogens is 1. The highest BCUT2D eigenvalue weighted by molar-refractivity contribution is 6.33. The number of nitrogens with zero attached hydrogens (tertiary/aromatic N) is 4. The molecule has 4 rings (SSSR count). The van der Waals surface area contributed by atoms with E-state index in [1.54, 1.807) is 50.2 Å². The van der Waals surface area contributed by atoms with Gasteiger partial charge in [0.05, 0.1) is 16.8 Å². The summed E-state index contributed by atoms with van der Waals surface area (Å²) in [4.78, 5) is 38.0. The van der Waals surface area contributed by atoms with Gasteiger partial charge >= 0.3 is 0 Å². The standard InChI is InChI=1S/C22H19ClN6O3/c1-3-28-22(32)16-12-8-7-11-15(16)18(27-28)21(31)25-24-20(30)17-13(2)26-29(19(17)23)14-9-5-4-6-10-14/h4-12H,3H2,1-2H3,(H,24,30)(H,25,31). The second-order valence-corrected chi connectivity index (χ2v) is 7.28. The Hall–Kier alpha value is -3.98. The zero-order chi connectivity index (χ0) is 22.8. The van der Waals surface area contributed by atoms with Gasteiger partial charge in [0.25, 0.3) is 17.4 Å². The third-order valence-electron chi connectivity index (χ3n) is 4.90. The molecule has 2 aromatic heterocycles. The molecule has 0 unspecified atom stereocenters. The Labute approximate surface area is 187 Å². The second kappa shape index (κ2) is 8.64. The molecule has 0 aliphatic carbocycles. The molecule has 0 spiro atoms. The molecule has 0 fully saturated rings. The average Bonchev–Trinajstić information content (AvgIpc) is 3.12. The Morgan fingerprint density at radius 3 is 2.25 bits per heavy atom. The summed E-state index contributed by atoms with van der Waals surface area (Å²) in [7, 11) is 0. The summed E-state index contributed by atoms with van der Waals surface area (Å²) in [5.41, 5.74) is 5.66. The summed E-state index contributed by atoms with van der Waals surface area (Å²) in [5.74, 6) is -1.29. The summed E-state index contributed by atoms with van der Waals surface area (Å²) >= 11 is 6.40. The number of amides is 2. The fourth-order valence-corrected chi connectivity index (χ4v) is 3.71. The number of hydrogen-bond acceptors (Lipinski definition) is 5. The molecule has 0 saturated carbocycles. The topological polar surface area (TPSA) is 111 Å². The maximum absolute atomic E-state index is 12.8. The zero-order valence-electron chi connectivity index (χ0n) is 17.3. The van der Waals surface area contributed by atoms with Gasteiger partial charge in [-0.25, -0.2) is 9.36 Å². The molecule has 0 aliphatic rings. The molecule has 4 aromatic rings. The predicted molar refractivity (Wildman–Crippen MR) is 120 cm³/mol. The Kier molecular flexibility index (Phi) is 5.74. The van der Waals surface area contributed by atoms with Crippen LogP contribution in [0.1, 0.15) is 33.5 Å². The van der Waals surface area contributed by atoms with Crippen molar-refractivity contribution in [1.29, 1.82) is 0 Å². The summed E-state index contributed by atoms with van der Waals surface area (Å²) in [5, 5.41) is 9.34. The molecular weight excluding hydrogens is 432 g/mol. The highest BCUT2D eigenvalue weighted by Gasteiger charge is 2.23. The number of carbonyl (C=O) groups is 2. The van der Waals surface area contributed by atoms with Crippen molar-refractivity contribution < 1.29 is 9.59 Å². The number of rotatable bonds is 4. The van der Waals surface area contributed by atoms with E-state index in [9.17, 15) is 14.4 Å². The second-order valence-electron chi connectivity index (χ2n) is 6.92. The van der Waals surface area contributed by atoms with E-state index < -0.39 is 11.8 Å². The molecule has 0 radical (unpaired) electrons. The first-order chi connectivity index (χ1) is 15.4. The quantitative estimate of drug-likeness (QED) is 0.464. The maximum atomic E-state index is 12.8. The molecule has 0 atom stereocenters. The van der Waals surface area contributed by atoms with Crippen LogP contribution in [0.4, 0.5) is 0 Å². The zero-order valence-corrected chi connectivity index (χ0v) is 18.1. The number of carbonyl (C=O) groups excluding carboxylic acids is 2. The first-order valence-corrected chi connectivity index (χ1v) is 10.2. The third kappa shape index (κ3) is 3.74. The lowest BCUT2D eigenvalue weighted by atomic mass is 10.1. The Morgan fingerprint density at radius 1 is 0.938 bits per heavy atom. The van der Waals surface area contributed by atoms with E-state index >= 15 is 0 Å². The summed E-state index contributed by atoms with van der Waals surface area (Å²) in [6.07, 6.45) is 0. The number of fused-ring (bicyclic) bond motifs is 1. The van der Waals surface area contributed by atoms with Gasteiger partial charge in [0.2, 0.25) is 0 Å². The molecule has 2 amide bonds. The van der Waals surface area contributed by atoms with Crippen molar-refractivity contribution in [3.8, 4) is 5.69 Å². The van der Waals surface area contributed by atoms with Crippen LogP contribution in [0.15, 0.2) is 59.4 Å². The minimum Gasteiger partial charge on any atom is -0.267 e. The van der Waals surface area contributed by atoms with Gasteiger partial charge in [0.15, 0.2) is 5.69 Å². The van der Waals surface area contributed by atoms with Crippen LogP contribution in [0, 0.1) is 6.92 Å². The number of benzene rings is 2. The summed E-state index contributed by atoms with van der Waals surface area (Å²) < 4.78 is 2.64. The normalized spacial score (nSPS) is 10.8. The van der Waals surface area contributed by atoms with E-state index in [1.165, 1.54) is 9.36 Å². The van der Waals surface area contributed by atoms with Crippen molar-refractivity contribution in [2.75, 3.05) is 0 Å². The Morgan fingerprint density at radius 2 is 1.56 bits per heavy atom. The minimum absolute atomic E-state index is 0.0187. The van der Waals surface area contributed by atoms with Gasteiger partial charge in [-0.1, -0.05) is 48.0 Å². The van der Waals surface area contributed by atoms with Gasteiger partial charge in [-0.15, -0.1) is 0 Å². The van der Waals surface area contributed by atoms with Gasteiger partial charge in [0.1, 0.15) is 10.7 Å². The van der Waals surface area contributed by atoms with Crippen LogP contribution in [0.2, 0.25) is 5.15 Å². The number of nitrogens with one attached hydrogen (secondary N) is 2. The molecule has 0 bridgehead atoms. The Balaban J connectivity index is 1.60. The molecule has 2 heterocycles. The van der Waals surface area contributed by atoms with E-state index in [0.717, 1.165) is 0 Å². The van der Waals surface area contributed by atoms with Gasteiger partial charge in [-0.2, -0.15) is 10.2 Å². The fourth-order valence-electron chi connectivity index (χ4n) is 3.35. The van der Waals surface area contributed by atoms with Crippen molar-refractivity contribution in [1.82, 2.24) is 30.4 Å². The van der Waals surface area contributed by atoms with E-state index in [0.29, 0.717) is 28.7 Å². The molecule has 10 heteroatoms. The van der Waals surface area contributed by atoms with Crippen molar-refractivity contribution >= 4 is 34.2 Å². The highest BCUT2D eigenvalue weighted by atomic mass is 35.5. The SMILES string of the molecule is CCn1nc(C(=O)NNC(=O)c2c(C)nn(-c3ccccc3)c2Cl)c2ccccc2c1=O. The van der Waals surface area contributed by atoms with Gasteiger partial charge in [0, 0.05) is 11.9 Å². The van der Waals surface area contributed by atoms with E-state index in [-0.39, 0.29) is 22.0 Å². The van der Waals surface area contributed by atoms with E-state index in [2.05, 4.69) is 21.0 Å². The third-order valence-corrected chi connectivity index (χ3v) is 5.25. The average molecular weight is 451 g/mol. The molecule has 0 aliphatic heterocycles. The van der Waals surface area contributed by atoms with Crippen LogP contribution >= 0.6 is 11.6 Å². The Bertz CT molecular complexity index is 1390. The highest BCUT2D eigenvalue weighted by Crippen LogP contribution is 2.23. The molecular formula is C22H19ClN6O3. The van der Waals surface area contributed by atoms with Crippen LogP contribution in [0.5, 0.6) is 0 Å². The van der Waals surface area contributed by atoms with Crippen LogP contribution in [-0.4, -0.2) is 31.4 Å². The summed E-state index contributed by atoms with van der Waals surface area (Å²) in [6.45, 7) is 3.69. The van der Waals surface area contributed by atoms with Crippen molar-refractivity contribution in [2.45, 2.75) is 20.4 Å². The lowest BCUT2D eigenvalue weighted by Gasteiger charge is -2.11. The maximum Gasteiger partial charge on any atom is 0.290 e. The van der Waals surface area contributed by atoms with Gasteiger partial charge in [-0.05, 0) is 32.0 Å². The lowest BCUT2D eigenvalue weighted by Crippen LogP contribution is -2.43. The molecule has 32 heavy (non-hydrogen) atoms. The van der Waals surface area contributed by atoms with Crippen LogP contribution in [-0.2, 0) is 6.54 Å². The molecule has 162 valence electrons. The summed E-state index contributed by atoms with van der Waals surface area (Å²) in [6, 6.07) is 15.8. The number of hydrogen-bond donors (Lipinski definition) is 2. The number of hydrazine groups is 1. The first kappa shape index (κ1) is 21.3. The molecule has 9 nitrogen and oxygen atoms in total. The van der Waals surface area contributed by atoms with Gasteiger partial charge < -0.3 is 0 Å². The van der Waals surface area contributed by atoms with Crippen molar-refractivity contribution in [2.24, 2.45) is 0 Å². The smallest absolute Gasteiger partial charge is 0.267 e. The monoisotopic (exact) mass is 450 g/mol.